The number of amides is 1. The molecule has 2 N–H and O–H groups in total. The van der Waals surface area contributed by atoms with Gasteiger partial charge in [-0.1, -0.05) is 26.0 Å². The van der Waals surface area contributed by atoms with Gasteiger partial charge in [-0.05, 0) is 48.2 Å². The lowest BCUT2D eigenvalue weighted by Gasteiger charge is -2.21. The van der Waals surface area contributed by atoms with Crippen LogP contribution < -0.4 is 20.1 Å². The van der Waals surface area contributed by atoms with Crippen molar-refractivity contribution in [3.8, 4) is 17.2 Å². The number of anilines is 2. The summed E-state index contributed by atoms with van der Waals surface area (Å²) in [6, 6.07) is 11.3. The molecule has 0 aliphatic heterocycles. The summed E-state index contributed by atoms with van der Waals surface area (Å²) < 4.78 is 12.3. The summed E-state index contributed by atoms with van der Waals surface area (Å²) in [4.78, 5) is 13.0. The number of benzene rings is 2. The Morgan fingerprint density at radius 1 is 1.03 bits per heavy atom. The highest BCUT2D eigenvalue weighted by atomic mass is 16.5. The number of hydrogen-bond donors (Lipinski definition) is 2. The number of methoxy groups -OCH3 is 2. The first-order valence-electron chi connectivity index (χ1n) is 9.97. The van der Waals surface area contributed by atoms with Crippen LogP contribution in [0.4, 0.5) is 11.4 Å². The third kappa shape index (κ3) is 4.63. The topological polar surface area (TPSA) is 90.3 Å². The minimum absolute atomic E-state index is 0.0612. The van der Waals surface area contributed by atoms with Crippen molar-refractivity contribution in [3.05, 3.63) is 53.3 Å². The molecule has 0 aliphatic rings. The van der Waals surface area contributed by atoms with Crippen LogP contribution in [0, 0.1) is 6.92 Å². The third-order valence-corrected chi connectivity index (χ3v) is 5.07. The number of nitrogens with zero attached hydrogens (tertiary/aromatic N) is 3. The van der Waals surface area contributed by atoms with E-state index in [1.165, 1.54) is 0 Å². The van der Waals surface area contributed by atoms with Crippen LogP contribution in [0.3, 0.4) is 0 Å². The smallest absolute Gasteiger partial charge is 0.278 e. The molecule has 0 saturated heterocycles. The SMILES string of the molecule is CNc1cc(NC(=O)c2nnn(-c3cc(OC)ccc3OC)c2C)cc(C(C)(C)C)c1. The number of nitrogens with one attached hydrogen (secondary N) is 2. The lowest BCUT2D eigenvalue weighted by atomic mass is 9.86. The van der Waals surface area contributed by atoms with Gasteiger partial charge in [0.05, 0.1) is 19.9 Å². The Kier molecular flexibility index (Phi) is 6.19. The van der Waals surface area contributed by atoms with Gasteiger partial charge in [-0.3, -0.25) is 4.79 Å². The number of aromatic nitrogens is 3. The van der Waals surface area contributed by atoms with Crippen molar-refractivity contribution in [2.45, 2.75) is 33.1 Å². The molecular formula is C23H29N5O3. The maximum Gasteiger partial charge on any atom is 0.278 e. The maximum atomic E-state index is 13.0. The fourth-order valence-electron chi connectivity index (χ4n) is 3.20. The van der Waals surface area contributed by atoms with Crippen LogP contribution in [0.15, 0.2) is 36.4 Å². The molecule has 2 aromatic carbocycles. The fourth-order valence-corrected chi connectivity index (χ4v) is 3.20. The maximum absolute atomic E-state index is 13.0. The van der Waals surface area contributed by atoms with Gasteiger partial charge in [0.25, 0.3) is 5.91 Å². The normalized spacial score (nSPS) is 11.2. The quantitative estimate of drug-likeness (QED) is 0.618. The molecular weight excluding hydrogens is 394 g/mol. The first-order chi connectivity index (χ1) is 14.7. The summed E-state index contributed by atoms with van der Waals surface area (Å²) in [6.45, 7) is 8.18. The summed E-state index contributed by atoms with van der Waals surface area (Å²) in [7, 11) is 5.02. The largest absolute Gasteiger partial charge is 0.497 e. The number of ether oxygens (including phenoxy) is 2. The number of carbonyl (C=O) groups excluding carboxylic acids is 1. The average molecular weight is 424 g/mol. The fraction of sp³-hybridized carbons (Fsp3) is 0.348. The number of rotatable bonds is 6. The average Bonchev–Trinajstić information content (AvgIpc) is 3.13. The Balaban J connectivity index is 1.95. The highest BCUT2D eigenvalue weighted by Gasteiger charge is 2.21. The molecule has 8 nitrogen and oxygen atoms in total. The lowest BCUT2D eigenvalue weighted by Crippen LogP contribution is -2.16. The van der Waals surface area contributed by atoms with Crippen molar-refractivity contribution in [1.82, 2.24) is 15.0 Å². The van der Waals surface area contributed by atoms with Gasteiger partial charge in [-0.25, -0.2) is 4.68 Å². The van der Waals surface area contributed by atoms with E-state index in [4.69, 9.17) is 9.47 Å². The van der Waals surface area contributed by atoms with Gasteiger partial charge in [0, 0.05) is 24.5 Å². The van der Waals surface area contributed by atoms with Crippen LogP contribution >= 0.6 is 0 Å². The Hall–Kier alpha value is -3.55. The van der Waals surface area contributed by atoms with Crippen LogP contribution in [-0.4, -0.2) is 42.2 Å². The van der Waals surface area contributed by atoms with Gasteiger partial charge in [0.1, 0.15) is 17.2 Å². The van der Waals surface area contributed by atoms with Crippen LogP contribution in [0.1, 0.15) is 42.5 Å². The Labute approximate surface area is 182 Å². The molecule has 0 bridgehead atoms. The molecule has 3 rings (SSSR count). The second-order valence-corrected chi connectivity index (χ2v) is 8.23. The Morgan fingerprint density at radius 2 is 1.74 bits per heavy atom. The molecule has 1 heterocycles. The zero-order valence-corrected chi connectivity index (χ0v) is 19.0. The predicted molar refractivity (Wildman–Crippen MR) is 122 cm³/mol. The molecule has 0 fully saturated rings. The summed E-state index contributed by atoms with van der Waals surface area (Å²) in [6.07, 6.45) is 0. The summed E-state index contributed by atoms with van der Waals surface area (Å²) in [5, 5.41) is 14.4. The second-order valence-electron chi connectivity index (χ2n) is 8.23. The summed E-state index contributed by atoms with van der Waals surface area (Å²) >= 11 is 0. The van der Waals surface area contributed by atoms with Crippen molar-refractivity contribution < 1.29 is 14.3 Å². The van der Waals surface area contributed by atoms with E-state index in [1.54, 1.807) is 44.0 Å². The van der Waals surface area contributed by atoms with Gasteiger partial charge < -0.3 is 20.1 Å². The van der Waals surface area contributed by atoms with Crippen molar-refractivity contribution in [1.29, 1.82) is 0 Å². The molecule has 31 heavy (non-hydrogen) atoms. The highest BCUT2D eigenvalue weighted by molar-refractivity contribution is 6.03. The van der Waals surface area contributed by atoms with E-state index < -0.39 is 0 Å². The minimum Gasteiger partial charge on any atom is -0.497 e. The molecule has 164 valence electrons. The van der Waals surface area contributed by atoms with Crippen molar-refractivity contribution in [2.75, 3.05) is 31.9 Å². The molecule has 0 saturated carbocycles. The Bertz CT molecular complexity index is 1100. The molecule has 0 aliphatic carbocycles. The monoisotopic (exact) mass is 423 g/mol. The van der Waals surface area contributed by atoms with Gasteiger partial charge in [0.15, 0.2) is 5.69 Å². The second kappa shape index (κ2) is 8.67. The van der Waals surface area contributed by atoms with Crippen LogP contribution in [0.2, 0.25) is 0 Å². The van der Waals surface area contributed by atoms with E-state index in [0.717, 1.165) is 11.3 Å². The van der Waals surface area contributed by atoms with E-state index >= 15 is 0 Å². The van der Waals surface area contributed by atoms with E-state index in [-0.39, 0.29) is 17.0 Å². The van der Waals surface area contributed by atoms with E-state index in [1.807, 2.05) is 19.2 Å². The Morgan fingerprint density at radius 3 is 2.35 bits per heavy atom. The number of hydrogen-bond acceptors (Lipinski definition) is 6. The molecule has 3 aromatic rings. The van der Waals surface area contributed by atoms with Gasteiger partial charge in [-0.2, -0.15) is 0 Å². The predicted octanol–water partition coefficient (Wildman–Crippen LogP) is 4.18. The van der Waals surface area contributed by atoms with Crippen LogP contribution in [-0.2, 0) is 5.41 Å². The summed E-state index contributed by atoms with van der Waals surface area (Å²) in [5.41, 5.74) is 4.11. The van der Waals surface area contributed by atoms with E-state index in [2.05, 4.69) is 47.8 Å². The lowest BCUT2D eigenvalue weighted by molar-refractivity contribution is 0.102. The van der Waals surface area contributed by atoms with Gasteiger partial charge in [0.2, 0.25) is 0 Å². The van der Waals surface area contributed by atoms with Crippen molar-refractivity contribution in [3.63, 3.8) is 0 Å². The molecule has 1 amide bonds. The molecule has 0 unspecified atom stereocenters. The molecule has 0 atom stereocenters. The highest BCUT2D eigenvalue weighted by Crippen LogP contribution is 2.30. The minimum atomic E-state index is -0.335. The van der Waals surface area contributed by atoms with Crippen molar-refractivity contribution >= 4 is 17.3 Å². The van der Waals surface area contributed by atoms with Crippen molar-refractivity contribution in [2.24, 2.45) is 0 Å². The molecule has 0 radical (unpaired) electrons. The first kappa shape index (κ1) is 22.1. The van der Waals surface area contributed by atoms with E-state index in [9.17, 15) is 4.79 Å². The van der Waals surface area contributed by atoms with Gasteiger partial charge >= 0.3 is 0 Å². The van der Waals surface area contributed by atoms with Gasteiger partial charge in [-0.15, -0.1) is 5.10 Å². The molecule has 0 spiro atoms. The van der Waals surface area contributed by atoms with Crippen LogP contribution in [0.5, 0.6) is 11.5 Å². The molecule has 1 aromatic heterocycles. The van der Waals surface area contributed by atoms with Crippen LogP contribution in [0.25, 0.3) is 5.69 Å². The standard InChI is InChI=1S/C23H29N5O3/c1-14-21(26-27-28(14)19-13-18(30-6)8-9-20(19)31-7)22(29)25-17-11-15(23(2,3)4)10-16(12-17)24-5/h8-13,24H,1-7H3,(H,25,29). The summed E-state index contributed by atoms with van der Waals surface area (Å²) in [5.74, 6) is 0.909. The van der Waals surface area contributed by atoms with E-state index in [0.29, 0.717) is 28.6 Å². The molecule has 8 heteroatoms. The third-order valence-electron chi connectivity index (χ3n) is 5.07. The number of carbonyl (C=O) groups is 1. The first-order valence-corrected chi connectivity index (χ1v) is 9.97. The zero-order chi connectivity index (χ0) is 22.8. The zero-order valence-electron chi connectivity index (χ0n) is 19.0.